The molecule has 1 radical (unpaired) electrons. The van der Waals surface area contributed by atoms with Crippen LogP contribution < -0.4 is 4.72 Å². The fourth-order valence-electron chi connectivity index (χ4n) is 1.63. The van der Waals surface area contributed by atoms with Crippen molar-refractivity contribution in [3.8, 4) is 0 Å². The first-order valence-electron chi connectivity index (χ1n) is 5.54. The maximum Gasteiger partial charge on any atom is 0.235 e. The molecule has 1 N–H and O–H groups in total. The van der Waals surface area contributed by atoms with Crippen molar-refractivity contribution >= 4 is 22.0 Å². The zero-order valence-corrected chi connectivity index (χ0v) is 10.8. The lowest BCUT2D eigenvalue weighted by molar-refractivity contribution is 0.563. The molecule has 5 heteroatoms. The van der Waals surface area contributed by atoms with Crippen molar-refractivity contribution in [2.75, 3.05) is 4.72 Å². The normalized spacial score (nSPS) is 11.5. The molecule has 0 unspecified atom stereocenters. The van der Waals surface area contributed by atoms with E-state index in [0.29, 0.717) is 12.8 Å². The molecule has 0 bridgehead atoms. The molecule has 0 spiro atoms. The van der Waals surface area contributed by atoms with Crippen LogP contribution >= 0.6 is 0 Å². The summed E-state index contributed by atoms with van der Waals surface area (Å²) in [6, 6.07) is 6.42. The molecule has 0 atom stereocenters. The molecule has 0 aliphatic heterocycles. The molecule has 4 nitrogen and oxygen atoms in total. The van der Waals surface area contributed by atoms with E-state index >= 15 is 0 Å². The predicted molar refractivity (Wildman–Crippen MR) is 68.2 cm³/mol. The van der Waals surface area contributed by atoms with Crippen LogP contribution in [0.5, 0.6) is 0 Å². The van der Waals surface area contributed by atoms with Crippen molar-refractivity contribution in [3.05, 3.63) is 29.8 Å². The van der Waals surface area contributed by atoms with Gasteiger partial charge in [0.1, 0.15) is 0 Å². The summed E-state index contributed by atoms with van der Waals surface area (Å²) in [5.74, 6) is 0. The summed E-state index contributed by atoms with van der Waals surface area (Å²) in [6.45, 7) is 3.65. The van der Waals surface area contributed by atoms with Crippen LogP contribution in [0.3, 0.4) is 0 Å². The molecule has 0 aliphatic carbocycles. The highest BCUT2D eigenvalue weighted by Gasteiger charge is 2.22. The molecule has 1 aromatic rings. The van der Waals surface area contributed by atoms with Gasteiger partial charge < -0.3 is 0 Å². The lowest BCUT2D eigenvalue weighted by atomic mass is 10.2. The summed E-state index contributed by atoms with van der Waals surface area (Å²) in [5, 5.41) is -0.442. The minimum Gasteiger partial charge on any atom is -0.285 e. The number of carbonyl (C=O) groups excluding carboxylic acids is 1. The minimum absolute atomic E-state index is 0.224. The Morgan fingerprint density at radius 1 is 1.24 bits per heavy atom. The van der Waals surface area contributed by atoms with E-state index < -0.39 is 15.3 Å². The third kappa shape index (κ3) is 3.30. The van der Waals surface area contributed by atoms with Gasteiger partial charge in [-0.2, -0.15) is 0 Å². The summed E-state index contributed by atoms with van der Waals surface area (Å²) in [6.07, 6.45) is 2.80. The van der Waals surface area contributed by atoms with Gasteiger partial charge in [-0.3, -0.25) is 9.52 Å². The van der Waals surface area contributed by atoms with E-state index in [1.54, 1.807) is 24.5 Å². The van der Waals surface area contributed by atoms with Gasteiger partial charge in [-0.05, 0) is 25.0 Å². The summed E-state index contributed by atoms with van der Waals surface area (Å²) in [4.78, 5) is 10.7. The van der Waals surface area contributed by atoms with E-state index in [-0.39, 0.29) is 11.3 Å². The van der Waals surface area contributed by atoms with E-state index in [4.69, 9.17) is 0 Å². The quantitative estimate of drug-likeness (QED) is 0.845. The van der Waals surface area contributed by atoms with Crippen LogP contribution in [-0.4, -0.2) is 20.0 Å². The Hall–Kier alpha value is -1.36. The fourth-order valence-corrected chi connectivity index (χ4v) is 3.15. The third-order valence-electron chi connectivity index (χ3n) is 2.64. The van der Waals surface area contributed by atoms with Crippen molar-refractivity contribution in [2.24, 2.45) is 0 Å². The third-order valence-corrected chi connectivity index (χ3v) is 4.69. The molecule has 0 aromatic heterocycles. The number of benzene rings is 1. The number of anilines is 1. The number of rotatable bonds is 6. The molecule has 17 heavy (non-hydrogen) atoms. The van der Waals surface area contributed by atoms with Gasteiger partial charge in [0.2, 0.25) is 16.3 Å². The van der Waals surface area contributed by atoms with Crippen molar-refractivity contribution in [1.82, 2.24) is 0 Å². The zero-order valence-electron chi connectivity index (χ0n) is 9.93. The molecule has 0 saturated carbocycles. The second kappa shape index (κ2) is 5.82. The largest absolute Gasteiger partial charge is 0.285 e. The van der Waals surface area contributed by atoms with Crippen molar-refractivity contribution in [3.63, 3.8) is 0 Å². The van der Waals surface area contributed by atoms with Crippen LogP contribution in [0.15, 0.2) is 24.3 Å². The highest BCUT2D eigenvalue weighted by atomic mass is 32.2. The standard InChI is InChI=1S/C12H16NO3S/c1-3-11(4-2)17(15,16)13-12-8-6-5-7-10(12)9-14/h5-8,11,13H,3-4H2,1-2H3. The van der Waals surface area contributed by atoms with Crippen molar-refractivity contribution < 1.29 is 13.2 Å². The second-order valence-electron chi connectivity index (χ2n) is 3.73. The van der Waals surface area contributed by atoms with Crippen LogP contribution in [0.1, 0.15) is 32.3 Å². The monoisotopic (exact) mass is 254 g/mol. The molecule has 0 saturated heterocycles. The van der Waals surface area contributed by atoms with Crippen LogP contribution in [0.25, 0.3) is 0 Å². The first-order chi connectivity index (χ1) is 8.05. The highest BCUT2D eigenvalue weighted by Crippen LogP contribution is 2.18. The van der Waals surface area contributed by atoms with Crippen molar-refractivity contribution in [2.45, 2.75) is 31.9 Å². The Morgan fingerprint density at radius 2 is 1.82 bits per heavy atom. The molecular formula is C12H16NO3S. The zero-order chi connectivity index (χ0) is 12.9. The second-order valence-corrected chi connectivity index (χ2v) is 5.69. The molecule has 93 valence electrons. The molecule has 0 amide bonds. The Kier molecular flexibility index (Phi) is 4.69. The van der Waals surface area contributed by atoms with Crippen LogP contribution in [-0.2, 0) is 14.8 Å². The molecule has 0 heterocycles. The first kappa shape index (κ1) is 13.7. The Balaban J connectivity index is 3.01. The molecule has 0 aliphatic rings. The number of hydrogen-bond acceptors (Lipinski definition) is 3. The maximum absolute atomic E-state index is 12.0. The van der Waals surface area contributed by atoms with Gasteiger partial charge >= 0.3 is 0 Å². The minimum atomic E-state index is -3.44. The topological polar surface area (TPSA) is 63.2 Å². The summed E-state index contributed by atoms with van der Waals surface area (Å²) in [5.41, 5.74) is 0.511. The van der Waals surface area contributed by atoms with Gasteiger partial charge in [-0.25, -0.2) is 8.42 Å². The van der Waals surface area contributed by atoms with Gasteiger partial charge in [0.15, 0.2) is 0 Å². The summed E-state index contributed by atoms with van der Waals surface area (Å²) >= 11 is 0. The Labute approximate surface area is 102 Å². The number of para-hydroxylation sites is 1. The van der Waals surface area contributed by atoms with Gasteiger partial charge in [-0.1, -0.05) is 26.0 Å². The van der Waals surface area contributed by atoms with E-state index in [1.807, 2.05) is 13.8 Å². The molecule has 1 rings (SSSR count). The summed E-state index contributed by atoms with van der Waals surface area (Å²) in [7, 11) is -3.44. The average molecular weight is 254 g/mol. The average Bonchev–Trinajstić information content (AvgIpc) is 2.30. The number of nitrogens with one attached hydrogen (secondary N) is 1. The van der Waals surface area contributed by atoms with Gasteiger partial charge in [0, 0.05) is 0 Å². The van der Waals surface area contributed by atoms with Gasteiger partial charge in [0.05, 0.1) is 16.5 Å². The van der Waals surface area contributed by atoms with E-state index in [0.717, 1.165) is 0 Å². The number of hydrogen-bond donors (Lipinski definition) is 1. The van der Waals surface area contributed by atoms with E-state index in [2.05, 4.69) is 4.72 Å². The first-order valence-corrected chi connectivity index (χ1v) is 7.08. The maximum atomic E-state index is 12.0. The van der Waals surface area contributed by atoms with Crippen LogP contribution in [0.2, 0.25) is 0 Å². The summed E-state index contributed by atoms with van der Waals surface area (Å²) < 4.78 is 26.4. The molecule has 0 fully saturated rings. The smallest absolute Gasteiger partial charge is 0.235 e. The highest BCUT2D eigenvalue weighted by molar-refractivity contribution is 7.93. The Bertz CT molecular complexity index is 478. The number of sulfonamides is 1. The van der Waals surface area contributed by atoms with Crippen LogP contribution in [0.4, 0.5) is 5.69 Å². The SMILES string of the molecule is CCC(CC)S(=O)(=O)Nc1ccccc1[C]=O. The predicted octanol–water partition coefficient (Wildman–Crippen LogP) is 2.07. The fraction of sp³-hybridized carbons (Fsp3) is 0.417. The van der Waals surface area contributed by atoms with Crippen molar-refractivity contribution in [1.29, 1.82) is 0 Å². The van der Waals surface area contributed by atoms with Gasteiger partial charge in [0.25, 0.3) is 0 Å². The van der Waals surface area contributed by atoms with Gasteiger partial charge in [-0.15, -0.1) is 0 Å². The lowest BCUT2D eigenvalue weighted by Gasteiger charge is -2.16. The van der Waals surface area contributed by atoms with Crippen LogP contribution in [0, 0.1) is 0 Å². The molecular weight excluding hydrogens is 238 g/mol. The Morgan fingerprint density at radius 3 is 2.35 bits per heavy atom. The lowest BCUT2D eigenvalue weighted by Crippen LogP contribution is -2.27. The van der Waals surface area contributed by atoms with E-state index in [9.17, 15) is 13.2 Å². The van der Waals surface area contributed by atoms with E-state index in [1.165, 1.54) is 6.07 Å². The molecule has 1 aromatic carbocycles.